The summed E-state index contributed by atoms with van der Waals surface area (Å²) >= 11 is 0. The topological polar surface area (TPSA) is 23.8 Å². The minimum absolute atomic E-state index is 0.0848. The first-order chi connectivity index (χ1) is 9.74. The third-order valence-corrected chi connectivity index (χ3v) is 5.58. The first-order valence-electron chi connectivity index (χ1n) is 8.26. The summed E-state index contributed by atoms with van der Waals surface area (Å²) in [7, 11) is 0. The van der Waals surface area contributed by atoms with Crippen molar-refractivity contribution in [1.82, 2.24) is 0 Å². The number of nitrogens with zero attached hydrogens (tertiary/aromatic N) is 1. The van der Waals surface area contributed by atoms with E-state index in [2.05, 4.69) is 31.2 Å². The minimum Gasteiger partial charge on any atom is -0.198 e. The highest BCUT2D eigenvalue weighted by molar-refractivity contribution is 5.36. The Morgan fingerprint density at radius 2 is 1.95 bits per heavy atom. The Labute approximate surface area is 123 Å². The molecule has 0 unspecified atom stereocenters. The summed E-state index contributed by atoms with van der Waals surface area (Å²) in [5.41, 5.74) is 4.38. The van der Waals surface area contributed by atoms with Gasteiger partial charge in [0.1, 0.15) is 0 Å². The summed E-state index contributed by atoms with van der Waals surface area (Å²) in [6.45, 7) is 2.28. The molecule has 1 saturated carbocycles. The average Bonchev–Trinajstić information content (AvgIpc) is 2.95. The van der Waals surface area contributed by atoms with Crippen molar-refractivity contribution in [2.45, 2.75) is 64.7 Å². The molecule has 106 valence electrons. The van der Waals surface area contributed by atoms with Gasteiger partial charge < -0.3 is 0 Å². The van der Waals surface area contributed by atoms with E-state index >= 15 is 0 Å². The Bertz CT molecular complexity index is 515. The molecular formula is C19H25N. The number of aryl methyl sites for hydroxylation is 2. The summed E-state index contributed by atoms with van der Waals surface area (Å²) in [6, 6.07) is 9.64. The van der Waals surface area contributed by atoms with Gasteiger partial charge in [0, 0.05) is 0 Å². The monoisotopic (exact) mass is 267 g/mol. The Morgan fingerprint density at radius 1 is 1.20 bits per heavy atom. The fourth-order valence-corrected chi connectivity index (χ4v) is 4.09. The second kappa shape index (κ2) is 5.60. The van der Waals surface area contributed by atoms with Crippen LogP contribution in [0.3, 0.4) is 0 Å². The lowest BCUT2D eigenvalue weighted by Gasteiger charge is -2.35. The van der Waals surface area contributed by atoms with Crippen LogP contribution in [0.25, 0.3) is 0 Å². The van der Waals surface area contributed by atoms with Crippen molar-refractivity contribution < 1.29 is 0 Å². The van der Waals surface area contributed by atoms with Gasteiger partial charge in [-0.1, -0.05) is 31.5 Å². The summed E-state index contributed by atoms with van der Waals surface area (Å²) in [6.07, 6.45) is 10.7. The molecule has 0 amide bonds. The molecule has 1 heteroatoms. The molecule has 1 aromatic rings. The van der Waals surface area contributed by atoms with Crippen LogP contribution in [0.2, 0.25) is 0 Å². The number of rotatable bonds is 3. The van der Waals surface area contributed by atoms with Crippen LogP contribution in [-0.4, -0.2) is 0 Å². The van der Waals surface area contributed by atoms with Gasteiger partial charge in [-0.05, 0) is 74.0 Å². The molecule has 0 heterocycles. The van der Waals surface area contributed by atoms with Crippen molar-refractivity contribution in [1.29, 1.82) is 5.26 Å². The van der Waals surface area contributed by atoms with Crippen molar-refractivity contribution in [3.05, 3.63) is 34.9 Å². The van der Waals surface area contributed by atoms with E-state index in [1.807, 2.05) is 0 Å². The SMILES string of the molecule is CCC1CCC(C#N)(Cc2ccc3c(c2)CCC3)CC1. The number of nitriles is 1. The van der Waals surface area contributed by atoms with Crippen LogP contribution in [0.1, 0.15) is 62.1 Å². The molecule has 0 bridgehead atoms. The van der Waals surface area contributed by atoms with Crippen LogP contribution in [0, 0.1) is 22.7 Å². The molecule has 20 heavy (non-hydrogen) atoms. The van der Waals surface area contributed by atoms with Gasteiger partial charge in [0.15, 0.2) is 0 Å². The quantitative estimate of drug-likeness (QED) is 0.769. The van der Waals surface area contributed by atoms with Gasteiger partial charge in [-0.25, -0.2) is 0 Å². The van der Waals surface area contributed by atoms with Crippen LogP contribution in [0.5, 0.6) is 0 Å². The van der Waals surface area contributed by atoms with Crippen LogP contribution in [0.15, 0.2) is 18.2 Å². The van der Waals surface area contributed by atoms with Crippen LogP contribution in [0.4, 0.5) is 0 Å². The van der Waals surface area contributed by atoms with Gasteiger partial charge in [-0.2, -0.15) is 5.26 Å². The van der Waals surface area contributed by atoms with E-state index in [1.165, 1.54) is 55.2 Å². The third-order valence-electron chi connectivity index (χ3n) is 5.58. The second-order valence-electron chi connectivity index (χ2n) is 6.88. The predicted octanol–water partition coefficient (Wildman–Crippen LogP) is 4.83. The Hall–Kier alpha value is -1.29. The van der Waals surface area contributed by atoms with Gasteiger partial charge in [0.05, 0.1) is 11.5 Å². The van der Waals surface area contributed by atoms with Crippen molar-refractivity contribution in [3.8, 4) is 6.07 Å². The molecule has 0 aliphatic heterocycles. The Kier molecular flexibility index (Phi) is 3.83. The van der Waals surface area contributed by atoms with Crippen molar-refractivity contribution in [2.75, 3.05) is 0 Å². The maximum absolute atomic E-state index is 9.71. The largest absolute Gasteiger partial charge is 0.198 e. The zero-order valence-electron chi connectivity index (χ0n) is 12.6. The van der Waals surface area contributed by atoms with E-state index in [0.29, 0.717) is 0 Å². The molecule has 0 N–H and O–H groups in total. The molecule has 1 aromatic carbocycles. The first-order valence-corrected chi connectivity index (χ1v) is 8.26. The van der Waals surface area contributed by atoms with E-state index in [9.17, 15) is 5.26 Å². The molecule has 3 rings (SSSR count). The van der Waals surface area contributed by atoms with Gasteiger partial charge >= 0.3 is 0 Å². The van der Waals surface area contributed by atoms with E-state index < -0.39 is 0 Å². The highest BCUT2D eigenvalue weighted by Crippen LogP contribution is 2.42. The molecule has 0 spiro atoms. The van der Waals surface area contributed by atoms with Crippen molar-refractivity contribution >= 4 is 0 Å². The third kappa shape index (κ3) is 2.62. The molecule has 2 aliphatic rings. The second-order valence-corrected chi connectivity index (χ2v) is 6.88. The van der Waals surface area contributed by atoms with Crippen LogP contribution >= 0.6 is 0 Å². The van der Waals surface area contributed by atoms with Gasteiger partial charge in [-0.3, -0.25) is 0 Å². The number of benzene rings is 1. The van der Waals surface area contributed by atoms with Crippen molar-refractivity contribution in [3.63, 3.8) is 0 Å². The molecule has 1 nitrogen and oxygen atoms in total. The summed E-state index contributed by atoms with van der Waals surface area (Å²) < 4.78 is 0. The Morgan fingerprint density at radius 3 is 2.65 bits per heavy atom. The highest BCUT2D eigenvalue weighted by atomic mass is 14.4. The van der Waals surface area contributed by atoms with E-state index in [-0.39, 0.29) is 5.41 Å². The standard InChI is InChI=1S/C19H25N/c1-2-15-8-10-19(14-20,11-9-15)13-16-6-7-17-4-3-5-18(17)12-16/h6-7,12,15H,2-5,8-11,13H2,1H3. The lowest BCUT2D eigenvalue weighted by atomic mass is 9.68. The normalized spacial score (nSPS) is 28.9. The molecular weight excluding hydrogens is 242 g/mol. The molecule has 2 aliphatic carbocycles. The van der Waals surface area contributed by atoms with Crippen molar-refractivity contribution in [2.24, 2.45) is 11.3 Å². The van der Waals surface area contributed by atoms with Gasteiger partial charge in [0.2, 0.25) is 0 Å². The van der Waals surface area contributed by atoms with Crippen LogP contribution in [-0.2, 0) is 19.3 Å². The number of fused-ring (bicyclic) bond motifs is 1. The first kappa shape index (κ1) is 13.7. The minimum atomic E-state index is -0.0848. The highest BCUT2D eigenvalue weighted by Gasteiger charge is 2.35. The lowest BCUT2D eigenvalue weighted by molar-refractivity contribution is 0.205. The summed E-state index contributed by atoms with van der Waals surface area (Å²) in [5.74, 6) is 0.858. The molecule has 0 atom stereocenters. The van der Waals surface area contributed by atoms with E-state index in [4.69, 9.17) is 0 Å². The molecule has 0 saturated heterocycles. The summed E-state index contributed by atoms with van der Waals surface area (Å²) in [5, 5.41) is 9.71. The lowest BCUT2D eigenvalue weighted by Crippen LogP contribution is -2.28. The predicted molar refractivity (Wildman–Crippen MR) is 82.5 cm³/mol. The average molecular weight is 267 g/mol. The zero-order chi connectivity index (χ0) is 14.0. The molecule has 0 radical (unpaired) electrons. The maximum Gasteiger partial charge on any atom is 0.0693 e. The molecule has 1 fully saturated rings. The molecule has 0 aromatic heterocycles. The number of hydrogen-bond acceptors (Lipinski definition) is 1. The zero-order valence-corrected chi connectivity index (χ0v) is 12.6. The van der Waals surface area contributed by atoms with Gasteiger partial charge in [0.25, 0.3) is 0 Å². The van der Waals surface area contributed by atoms with Crippen LogP contribution < -0.4 is 0 Å². The summed E-state index contributed by atoms with van der Waals surface area (Å²) in [4.78, 5) is 0. The smallest absolute Gasteiger partial charge is 0.0693 e. The fraction of sp³-hybridized carbons (Fsp3) is 0.632. The van der Waals surface area contributed by atoms with Gasteiger partial charge in [-0.15, -0.1) is 0 Å². The number of hydrogen-bond donors (Lipinski definition) is 0. The Balaban J connectivity index is 1.74. The maximum atomic E-state index is 9.71. The van der Waals surface area contributed by atoms with E-state index in [0.717, 1.165) is 25.2 Å². The fourth-order valence-electron chi connectivity index (χ4n) is 4.09. The van der Waals surface area contributed by atoms with E-state index in [1.54, 1.807) is 0 Å².